The molecular weight excluding hydrogens is 1020 g/mol. The Morgan fingerprint density at radius 3 is 1.40 bits per heavy atom. The summed E-state index contributed by atoms with van der Waals surface area (Å²) in [5.74, 6) is 0. The molecule has 0 spiro atoms. The molecule has 13 aromatic carbocycles. The van der Waals surface area contributed by atoms with E-state index in [4.69, 9.17) is 8.83 Å². The molecule has 5 nitrogen and oxygen atoms in total. The maximum atomic E-state index is 6.80. The lowest BCUT2D eigenvalue weighted by atomic mass is 9.33. The second-order valence-corrected chi connectivity index (χ2v) is 22.3. The fraction of sp³-hybridized carbons (Fsp3) is 0. The average molecular weight is 1070 g/mol. The van der Waals surface area contributed by atoms with E-state index >= 15 is 0 Å². The topological polar surface area (TPSA) is 37.7 Å². The number of anilines is 6. The number of hydrogen-bond donors (Lipinski definition) is 0. The third-order valence-corrected chi connectivity index (χ3v) is 17.8. The number of rotatable bonds is 7. The van der Waals surface area contributed by atoms with E-state index in [0.717, 1.165) is 123 Å². The quantitative estimate of drug-likeness (QED) is 0.149. The summed E-state index contributed by atoms with van der Waals surface area (Å²) in [4.78, 5) is 5.08. The summed E-state index contributed by atoms with van der Waals surface area (Å²) in [7, 11) is 0. The molecule has 390 valence electrons. The summed E-state index contributed by atoms with van der Waals surface area (Å²) in [6.45, 7) is -0.184. The molecule has 0 amide bonds. The highest BCUT2D eigenvalue weighted by molar-refractivity contribution is 7.00. The zero-order chi connectivity index (χ0) is 55.0. The first-order chi connectivity index (χ1) is 41.6. The van der Waals surface area contributed by atoms with Crippen LogP contribution >= 0.6 is 0 Å². The lowest BCUT2D eigenvalue weighted by Crippen LogP contribution is -2.61. The summed E-state index contributed by atoms with van der Waals surface area (Å²) in [5.41, 5.74) is 26.3. The van der Waals surface area contributed by atoms with Gasteiger partial charge < -0.3 is 23.2 Å². The molecule has 0 N–H and O–H groups in total. The van der Waals surface area contributed by atoms with Crippen molar-refractivity contribution in [2.24, 2.45) is 0 Å². The van der Waals surface area contributed by atoms with Gasteiger partial charge in [0.2, 0.25) is 0 Å². The number of nitrogens with zero attached hydrogens (tertiary/aromatic N) is 3. The second kappa shape index (κ2) is 18.2. The lowest BCUT2D eigenvalue weighted by molar-refractivity contribution is 0.669. The SMILES string of the molecule is c1ccc(-c2ccc(N3c4ccc(-c5cccc6c5oc5ccccc56)cc4B4c5ccc(-c6ccc7oc8ccccc8c7c6)cc5N(c5ccc(-c6ccccc6)cc5)c5cc(-n6c7ccccc7c7ccccc76)cc3c54)cc2)cc1. The first-order valence-corrected chi connectivity index (χ1v) is 28.8. The third-order valence-electron chi connectivity index (χ3n) is 17.8. The van der Waals surface area contributed by atoms with Crippen molar-refractivity contribution in [3.63, 3.8) is 0 Å². The van der Waals surface area contributed by atoms with Crippen molar-refractivity contribution >= 4 is 123 Å². The molecule has 0 bridgehead atoms. The van der Waals surface area contributed by atoms with Gasteiger partial charge >= 0.3 is 0 Å². The van der Waals surface area contributed by atoms with Crippen molar-refractivity contribution in [3.8, 4) is 50.2 Å². The molecule has 0 unspecified atom stereocenters. The highest BCUT2D eigenvalue weighted by Crippen LogP contribution is 2.49. The standard InChI is InChI=1S/C78H48BN3O2/c1-3-16-49(17-4-1)51-30-37-56(38-31-51)80-70-42-35-55(59-24-15-25-64-62-22-9-14-29-75(62)84-78(59)64)45-67(70)79-66-41-34-54(53-36-43-76-65(44-53)63-23-10-13-28-74(63)83-76)46-71(66)81(57-39-32-52(33-40-57)50-18-5-2-6-19-50)73-48-58(47-72(80)77(73)79)82-68-26-11-7-20-60(68)61-21-8-12-27-69(61)82/h1-48H. The molecule has 0 atom stereocenters. The van der Waals surface area contributed by atoms with Crippen LogP contribution in [0.25, 0.3) is 116 Å². The van der Waals surface area contributed by atoms with Crippen molar-refractivity contribution in [1.82, 2.24) is 4.57 Å². The Morgan fingerprint density at radius 1 is 0.262 bits per heavy atom. The van der Waals surface area contributed by atoms with E-state index in [1.54, 1.807) is 0 Å². The monoisotopic (exact) mass is 1070 g/mol. The Labute approximate surface area is 484 Å². The van der Waals surface area contributed by atoms with Gasteiger partial charge in [0.1, 0.15) is 22.3 Å². The van der Waals surface area contributed by atoms with E-state index in [1.807, 2.05) is 6.07 Å². The maximum absolute atomic E-state index is 6.80. The van der Waals surface area contributed by atoms with Gasteiger partial charge in [-0.15, -0.1) is 0 Å². The molecule has 0 radical (unpaired) electrons. The normalized spacial score (nSPS) is 12.7. The smallest absolute Gasteiger partial charge is 0.252 e. The summed E-state index contributed by atoms with van der Waals surface area (Å²) in [5, 5.41) is 6.87. The fourth-order valence-electron chi connectivity index (χ4n) is 14.0. The van der Waals surface area contributed by atoms with E-state index in [2.05, 4.69) is 299 Å². The van der Waals surface area contributed by atoms with Gasteiger partial charge in [-0.2, -0.15) is 0 Å². The first kappa shape index (κ1) is 46.7. The van der Waals surface area contributed by atoms with Gasteiger partial charge in [-0.3, -0.25) is 0 Å². The van der Waals surface area contributed by atoms with Crippen LogP contribution in [0.4, 0.5) is 34.1 Å². The van der Waals surface area contributed by atoms with Crippen molar-refractivity contribution < 1.29 is 8.83 Å². The van der Waals surface area contributed by atoms with Crippen LogP contribution in [0.3, 0.4) is 0 Å². The number of fused-ring (bicyclic) bond motifs is 13. The molecule has 2 aliphatic rings. The second-order valence-electron chi connectivity index (χ2n) is 22.3. The Hall–Kier alpha value is -11.1. The summed E-state index contributed by atoms with van der Waals surface area (Å²) >= 11 is 0. The van der Waals surface area contributed by atoms with Crippen molar-refractivity contribution in [2.45, 2.75) is 0 Å². The van der Waals surface area contributed by atoms with Gasteiger partial charge in [0.05, 0.1) is 16.7 Å². The van der Waals surface area contributed by atoms with E-state index in [-0.39, 0.29) is 6.71 Å². The maximum Gasteiger partial charge on any atom is 0.252 e. The van der Waals surface area contributed by atoms with Crippen molar-refractivity contribution in [2.75, 3.05) is 9.80 Å². The molecule has 6 heteroatoms. The Balaban J connectivity index is 0.942. The number of aromatic nitrogens is 1. The average Bonchev–Trinajstić information content (AvgIpc) is 0.894. The van der Waals surface area contributed by atoms with Gasteiger partial charge in [0.15, 0.2) is 0 Å². The zero-order valence-electron chi connectivity index (χ0n) is 45.4. The molecule has 0 saturated heterocycles. The van der Waals surface area contributed by atoms with Crippen LogP contribution in [0, 0.1) is 0 Å². The lowest BCUT2D eigenvalue weighted by Gasteiger charge is -2.44. The molecule has 0 saturated carbocycles. The fourth-order valence-corrected chi connectivity index (χ4v) is 14.0. The van der Waals surface area contributed by atoms with Crippen LogP contribution in [-0.4, -0.2) is 11.3 Å². The van der Waals surface area contributed by atoms with Gasteiger partial charge in [-0.1, -0.05) is 206 Å². The zero-order valence-corrected chi connectivity index (χ0v) is 45.4. The van der Waals surface area contributed by atoms with Gasteiger partial charge in [-0.05, 0) is 140 Å². The molecule has 16 aromatic rings. The largest absolute Gasteiger partial charge is 0.456 e. The van der Waals surface area contributed by atoms with Crippen molar-refractivity contribution in [3.05, 3.63) is 291 Å². The van der Waals surface area contributed by atoms with Crippen molar-refractivity contribution in [1.29, 1.82) is 0 Å². The molecular formula is C78H48BN3O2. The van der Waals surface area contributed by atoms with E-state index in [1.165, 1.54) is 43.9 Å². The third kappa shape index (κ3) is 7.04. The molecule has 18 rings (SSSR count). The highest BCUT2D eigenvalue weighted by atomic mass is 16.3. The van der Waals surface area contributed by atoms with E-state index < -0.39 is 0 Å². The Morgan fingerprint density at radius 2 is 0.750 bits per heavy atom. The Bertz CT molecular complexity index is 5280. The minimum absolute atomic E-state index is 0.184. The minimum atomic E-state index is -0.184. The molecule has 3 aromatic heterocycles. The minimum Gasteiger partial charge on any atom is -0.456 e. The van der Waals surface area contributed by atoms with Gasteiger partial charge in [0.25, 0.3) is 6.71 Å². The van der Waals surface area contributed by atoms with Crippen LogP contribution < -0.4 is 26.2 Å². The number of benzene rings is 13. The van der Waals surface area contributed by atoms with Gasteiger partial charge in [0, 0.05) is 72.0 Å². The van der Waals surface area contributed by atoms with E-state index in [0.29, 0.717) is 0 Å². The number of hydrogen-bond acceptors (Lipinski definition) is 4. The molecule has 0 aliphatic carbocycles. The number of furan rings is 2. The number of para-hydroxylation sites is 5. The molecule has 0 fully saturated rings. The summed E-state index contributed by atoms with van der Waals surface area (Å²) in [6, 6.07) is 107. The first-order valence-electron chi connectivity index (χ1n) is 28.8. The van der Waals surface area contributed by atoms with Crippen LogP contribution in [0.2, 0.25) is 0 Å². The van der Waals surface area contributed by atoms with Crippen LogP contribution in [0.15, 0.2) is 300 Å². The summed E-state index contributed by atoms with van der Waals surface area (Å²) < 4.78 is 15.7. The van der Waals surface area contributed by atoms with Crippen LogP contribution in [0.1, 0.15) is 0 Å². The predicted octanol–water partition coefficient (Wildman–Crippen LogP) is 19.3. The molecule has 5 heterocycles. The summed E-state index contributed by atoms with van der Waals surface area (Å²) in [6.07, 6.45) is 0. The Kier molecular flexibility index (Phi) is 10.1. The molecule has 84 heavy (non-hydrogen) atoms. The highest BCUT2D eigenvalue weighted by Gasteiger charge is 2.44. The van der Waals surface area contributed by atoms with Crippen LogP contribution in [-0.2, 0) is 0 Å². The van der Waals surface area contributed by atoms with Gasteiger partial charge in [-0.25, -0.2) is 0 Å². The predicted molar refractivity (Wildman–Crippen MR) is 351 cm³/mol. The molecule has 2 aliphatic heterocycles. The van der Waals surface area contributed by atoms with E-state index in [9.17, 15) is 0 Å². The van der Waals surface area contributed by atoms with Crippen LogP contribution in [0.5, 0.6) is 0 Å².